The fourth-order valence-corrected chi connectivity index (χ4v) is 2.96. The molecule has 1 atom stereocenters. The van der Waals surface area contributed by atoms with Crippen LogP contribution in [0.2, 0.25) is 0 Å². The van der Waals surface area contributed by atoms with Crippen molar-refractivity contribution in [1.29, 1.82) is 0 Å². The maximum atomic E-state index is 13.2. The SMILES string of the molecule is CCc1nc(C(N)c2ccc(F)c(C)c2)sc1C. The van der Waals surface area contributed by atoms with Crippen LogP contribution in [0, 0.1) is 19.7 Å². The molecule has 0 saturated heterocycles. The number of rotatable bonds is 3. The van der Waals surface area contributed by atoms with Crippen LogP contribution < -0.4 is 5.73 Å². The van der Waals surface area contributed by atoms with E-state index in [9.17, 15) is 4.39 Å². The fourth-order valence-electron chi connectivity index (χ4n) is 1.92. The number of thiazole rings is 1. The predicted octanol–water partition coefficient (Wildman–Crippen LogP) is 3.51. The average Bonchev–Trinajstić information content (AvgIpc) is 2.73. The van der Waals surface area contributed by atoms with Crippen LogP contribution in [0.5, 0.6) is 0 Å². The zero-order valence-electron chi connectivity index (χ0n) is 10.8. The van der Waals surface area contributed by atoms with Crippen molar-refractivity contribution >= 4 is 11.3 Å². The Bertz CT molecular complexity index is 563. The molecule has 0 radical (unpaired) electrons. The third kappa shape index (κ3) is 2.44. The Morgan fingerprint density at radius 2 is 2.11 bits per heavy atom. The van der Waals surface area contributed by atoms with E-state index in [4.69, 9.17) is 5.73 Å². The van der Waals surface area contributed by atoms with Crippen molar-refractivity contribution in [2.75, 3.05) is 0 Å². The van der Waals surface area contributed by atoms with Crippen LogP contribution in [0.25, 0.3) is 0 Å². The summed E-state index contributed by atoms with van der Waals surface area (Å²) < 4.78 is 13.2. The Balaban J connectivity index is 2.34. The zero-order valence-corrected chi connectivity index (χ0v) is 11.6. The first-order chi connectivity index (χ1) is 8.52. The molecule has 0 spiro atoms. The highest BCUT2D eigenvalue weighted by Gasteiger charge is 2.16. The lowest BCUT2D eigenvalue weighted by atomic mass is 10.1. The van der Waals surface area contributed by atoms with Gasteiger partial charge in [0.05, 0.1) is 11.7 Å². The Morgan fingerprint density at radius 3 is 2.67 bits per heavy atom. The monoisotopic (exact) mass is 264 g/mol. The van der Waals surface area contributed by atoms with Gasteiger partial charge in [-0.25, -0.2) is 9.37 Å². The molecule has 1 aromatic carbocycles. The first kappa shape index (κ1) is 13.2. The summed E-state index contributed by atoms with van der Waals surface area (Å²) in [4.78, 5) is 5.77. The third-order valence-electron chi connectivity index (χ3n) is 3.05. The quantitative estimate of drug-likeness (QED) is 0.921. The maximum Gasteiger partial charge on any atom is 0.126 e. The summed E-state index contributed by atoms with van der Waals surface area (Å²) >= 11 is 1.62. The van der Waals surface area contributed by atoms with Crippen molar-refractivity contribution in [2.24, 2.45) is 5.73 Å². The van der Waals surface area contributed by atoms with Gasteiger partial charge in [-0.05, 0) is 37.5 Å². The molecule has 1 unspecified atom stereocenters. The summed E-state index contributed by atoms with van der Waals surface area (Å²) in [5.74, 6) is -0.199. The average molecular weight is 264 g/mol. The molecule has 1 aromatic heterocycles. The summed E-state index contributed by atoms with van der Waals surface area (Å²) in [7, 11) is 0. The summed E-state index contributed by atoms with van der Waals surface area (Å²) in [5.41, 5.74) is 8.82. The molecule has 0 saturated carbocycles. The van der Waals surface area contributed by atoms with Crippen LogP contribution in [-0.4, -0.2) is 4.98 Å². The lowest BCUT2D eigenvalue weighted by molar-refractivity contribution is 0.617. The molecule has 2 nitrogen and oxygen atoms in total. The van der Waals surface area contributed by atoms with Crippen LogP contribution in [0.1, 0.15) is 39.7 Å². The number of aromatic nitrogens is 1. The molecule has 0 aliphatic heterocycles. The van der Waals surface area contributed by atoms with E-state index >= 15 is 0 Å². The van der Waals surface area contributed by atoms with Crippen molar-refractivity contribution < 1.29 is 4.39 Å². The van der Waals surface area contributed by atoms with Crippen molar-refractivity contribution in [3.63, 3.8) is 0 Å². The van der Waals surface area contributed by atoms with Gasteiger partial charge < -0.3 is 5.73 Å². The standard InChI is InChI=1S/C14H17FN2S/c1-4-12-9(3)18-14(17-12)13(16)10-5-6-11(15)8(2)7-10/h5-7,13H,4,16H2,1-3H3. The van der Waals surface area contributed by atoms with Gasteiger partial charge in [0.2, 0.25) is 0 Å². The van der Waals surface area contributed by atoms with E-state index in [0.29, 0.717) is 5.56 Å². The van der Waals surface area contributed by atoms with Gasteiger partial charge in [-0.2, -0.15) is 0 Å². The lowest BCUT2D eigenvalue weighted by Crippen LogP contribution is -2.12. The van der Waals surface area contributed by atoms with Gasteiger partial charge in [-0.3, -0.25) is 0 Å². The highest BCUT2D eigenvalue weighted by molar-refractivity contribution is 7.11. The van der Waals surface area contributed by atoms with E-state index in [1.54, 1.807) is 30.4 Å². The van der Waals surface area contributed by atoms with Crippen LogP contribution in [0.15, 0.2) is 18.2 Å². The van der Waals surface area contributed by atoms with Crippen LogP contribution >= 0.6 is 11.3 Å². The minimum absolute atomic E-state index is 0.199. The molecule has 1 heterocycles. The number of hydrogen-bond acceptors (Lipinski definition) is 3. The second-order valence-corrected chi connectivity index (χ2v) is 5.63. The Morgan fingerprint density at radius 1 is 1.39 bits per heavy atom. The van der Waals surface area contributed by atoms with E-state index in [1.807, 2.05) is 0 Å². The minimum atomic E-state index is -0.270. The Labute approximate surface area is 111 Å². The molecule has 0 amide bonds. The molecular formula is C14H17FN2S. The lowest BCUT2D eigenvalue weighted by Gasteiger charge is -2.10. The van der Waals surface area contributed by atoms with E-state index in [-0.39, 0.29) is 11.9 Å². The number of nitrogens with zero attached hydrogens (tertiary/aromatic N) is 1. The van der Waals surface area contributed by atoms with Gasteiger partial charge in [-0.15, -0.1) is 11.3 Å². The molecular weight excluding hydrogens is 247 g/mol. The van der Waals surface area contributed by atoms with Gasteiger partial charge in [0.1, 0.15) is 10.8 Å². The van der Waals surface area contributed by atoms with Crippen LogP contribution in [0.4, 0.5) is 4.39 Å². The van der Waals surface area contributed by atoms with E-state index in [0.717, 1.165) is 22.7 Å². The van der Waals surface area contributed by atoms with Crippen molar-refractivity contribution in [2.45, 2.75) is 33.2 Å². The largest absolute Gasteiger partial charge is 0.318 e. The van der Waals surface area contributed by atoms with E-state index in [1.165, 1.54) is 10.9 Å². The fraction of sp³-hybridized carbons (Fsp3) is 0.357. The molecule has 0 bridgehead atoms. The predicted molar refractivity (Wildman–Crippen MR) is 73.4 cm³/mol. The first-order valence-corrected chi connectivity index (χ1v) is 6.82. The number of nitrogens with two attached hydrogens (primary N) is 1. The topological polar surface area (TPSA) is 38.9 Å². The van der Waals surface area contributed by atoms with Gasteiger partial charge in [0.25, 0.3) is 0 Å². The molecule has 2 rings (SSSR count). The van der Waals surface area contributed by atoms with E-state index in [2.05, 4.69) is 18.8 Å². The molecule has 0 aliphatic carbocycles. The highest BCUT2D eigenvalue weighted by atomic mass is 32.1. The summed E-state index contributed by atoms with van der Waals surface area (Å²) in [5, 5.41) is 0.898. The normalized spacial score (nSPS) is 12.7. The summed E-state index contributed by atoms with van der Waals surface area (Å²) in [6.45, 7) is 5.89. The van der Waals surface area contributed by atoms with Gasteiger partial charge in [-0.1, -0.05) is 19.1 Å². The zero-order chi connectivity index (χ0) is 13.3. The third-order valence-corrected chi connectivity index (χ3v) is 4.15. The van der Waals surface area contributed by atoms with Gasteiger partial charge in [0, 0.05) is 4.88 Å². The number of benzene rings is 1. The molecule has 0 fully saturated rings. The molecule has 2 N–H and O–H groups in total. The first-order valence-electron chi connectivity index (χ1n) is 6.00. The molecule has 4 heteroatoms. The number of hydrogen-bond donors (Lipinski definition) is 1. The van der Waals surface area contributed by atoms with Crippen LogP contribution in [0.3, 0.4) is 0 Å². The maximum absolute atomic E-state index is 13.2. The Kier molecular flexibility index (Phi) is 3.78. The summed E-state index contributed by atoms with van der Waals surface area (Å²) in [6, 6.07) is 4.72. The van der Waals surface area contributed by atoms with Gasteiger partial charge in [0.15, 0.2) is 0 Å². The van der Waals surface area contributed by atoms with Crippen molar-refractivity contribution in [1.82, 2.24) is 4.98 Å². The Hall–Kier alpha value is -1.26. The smallest absolute Gasteiger partial charge is 0.126 e. The highest BCUT2D eigenvalue weighted by Crippen LogP contribution is 2.27. The molecule has 0 aliphatic rings. The molecule has 96 valence electrons. The second-order valence-electron chi connectivity index (χ2n) is 4.39. The molecule has 18 heavy (non-hydrogen) atoms. The van der Waals surface area contributed by atoms with Crippen molar-refractivity contribution in [3.8, 4) is 0 Å². The van der Waals surface area contributed by atoms with E-state index < -0.39 is 0 Å². The van der Waals surface area contributed by atoms with Crippen LogP contribution in [-0.2, 0) is 6.42 Å². The number of aryl methyl sites for hydroxylation is 3. The molecule has 2 aromatic rings. The second kappa shape index (κ2) is 5.16. The number of halogens is 1. The summed E-state index contributed by atoms with van der Waals surface area (Å²) in [6.07, 6.45) is 0.914. The minimum Gasteiger partial charge on any atom is -0.318 e. The van der Waals surface area contributed by atoms with Gasteiger partial charge >= 0.3 is 0 Å². The van der Waals surface area contributed by atoms with Crippen molar-refractivity contribution in [3.05, 3.63) is 50.7 Å².